The summed E-state index contributed by atoms with van der Waals surface area (Å²) in [7, 11) is 0. The number of benzene rings is 1. The molecule has 0 atom stereocenters. The zero-order valence-electron chi connectivity index (χ0n) is 9.83. The van der Waals surface area contributed by atoms with E-state index >= 15 is 0 Å². The molecule has 1 aromatic carbocycles. The topological polar surface area (TPSA) is 58.7 Å². The number of hydrogen-bond donors (Lipinski definition) is 0. The number of nitrogens with zero attached hydrogens (tertiary/aromatic N) is 3. The van der Waals surface area contributed by atoms with Gasteiger partial charge in [0, 0.05) is 11.6 Å². The summed E-state index contributed by atoms with van der Waals surface area (Å²) < 4.78 is 1.37. The third-order valence-corrected chi connectivity index (χ3v) is 3.13. The van der Waals surface area contributed by atoms with E-state index in [2.05, 4.69) is 4.98 Å². The molecule has 5 heteroatoms. The van der Waals surface area contributed by atoms with Crippen LogP contribution in [0.4, 0.5) is 0 Å². The molecule has 1 heterocycles. The van der Waals surface area contributed by atoms with E-state index in [0.29, 0.717) is 10.9 Å². The van der Waals surface area contributed by atoms with Gasteiger partial charge in [-0.05, 0) is 6.26 Å². The number of rotatable bonds is 3. The molecule has 0 aliphatic carbocycles. The van der Waals surface area contributed by atoms with Gasteiger partial charge < -0.3 is 0 Å². The van der Waals surface area contributed by atoms with Crippen LogP contribution in [-0.2, 0) is 6.54 Å². The van der Waals surface area contributed by atoms with Gasteiger partial charge in [-0.25, -0.2) is 4.98 Å². The maximum absolute atomic E-state index is 11.9. The molecule has 0 radical (unpaired) electrons. The second-order valence-electron chi connectivity index (χ2n) is 3.58. The molecule has 1 aromatic heterocycles. The summed E-state index contributed by atoms with van der Waals surface area (Å²) in [6, 6.07) is 13.0. The normalized spacial score (nSPS) is 10.0. The molecule has 0 amide bonds. The summed E-state index contributed by atoms with van der Waals surface area (Å²) in [4.78, 5) is 16.4. The van der Waals surface area contributed by atoms with Gasteiger partial charge in [-0.2, -0.15) is 5.26 Å². The number of hydrogen-bond acceptors (Lipinski definition) is 4. The van der Waals surface area contributed by atoms with Crippen LogP contribution in [0.2, 0.25) is 0 Å². The maximum Gasteiger partial charge on any atom is 0.255 e. The standard InChI is InChI=1S/C13H11N3OS/c1-18-13-15-11(10-5-3-2-4-6-10)9-12(17)16(13)8-7-14/h2-6,9H,8H2,1H3. The summed E-state index contributed by atoms with van der Waals surface area (Å²) in [6.45, 7) is 0.0249. The van der Waals surface area contributed by atoms with Crippen LogP contribution in [0.5, 0.6) is 0 Å². The summed E-state index contributed by atoms with van der Waals surface area (Å²) in [6.07, 6.45) is 1.84. The Kier molecular flexibility index (Phi) is 3.80. The zero-order valence-corrected chi connectivity index (χ0v) is 10.6. The number of aromatic nitrogens is 2. The first-order chi connectivity index (χ1) is 8.76. The predicted molar refractivity (Wildman–Crippen MR) is 71.3 cm³/mol. The maximum atomic E-state index is 11.9. The molecule has 0 saturated heterocycles. The Hall–Kier alpha value is -2.06. The van der Waals surface area contributed by atoms with E-state index in [1.807, 2.05) is 42.7 Å². The average Bonchev–Trinajstić information content (AvgIpc) is 2.42. The Morgan fingerprint density at radius 3 is 2.72 bits per heavy atom. The summed E-state index contributed by atoms with van der Waals surface area (Å²) >= 11 is 1.36. The summed E-state index contributed by atoms with van der Waals surface area (Å²) in [5, 5.41) is 9.26. The van der Waals surface area contributed by atoms with Gasteiger partial charge >= 0.3 is 0 Å². The summed E-state index contributed by atoms with van der Waals surface area (Å²) in [5.74, 6) is 0. The van der Waals surface area contributed by atoms with E-state index in [0.717, 1.165) is 5.56 Å². The van der Waals surface area contributed by atoms with Crippen LogP contribution >= 0.6 is 11.8 Å². The van der Waals surface area contributed by atoms with E-state index < -0.39 is 0 Å². The molecule has 0 saturated carbocycles. The van der Waals surface area contributed by atoms with Crippen LogP contribution in [0.25, 0.3) is 11.3 Å². The molecule has 0 fully saturated rings. The molecule has 0 N–H and O–H groups in total. The van der Waals surface area contributed by atoms with Crippen LogP contribution in [0.3, 0.4) is 0 Å². The van der Waals surface area contributed by atoms with Crippen molar-refractivity contribution < 1.29 is 0 Å². The van der Waals surface area contributed by atoms with Crippen LogP contribution in [0, 0.1) is 11.3 Å². The Bertz CT molecular complexity index is 644. The highest BCUT2D eigenvalue weighted by atomic mass is 32.2. The van der Waals surface area contributed by atoms with Gasteiger partial charge in [-0.1, -0.05) is 42.1 Å². The van der Waals surface area contributed by atoms with Crippen LogP contribution in [0.1, 0.15) is 0 Å². The largest absolute Gasteiger partial charge is 0.274 e. The Morgan fingerprint density at radius 1 is 1.39 bits per heavy atom. The Labute approximate surface area is 109 Å². The lowest BCUT2D eigenvalue weighted by Gasteiger charge is -2.08. The molecular formula is C13H11N3OS. The quantitative estimate of drug-likeness (QED) is 0.624. The van der Waals surface area contributed by atoms with E-state index in [1.54, 1.807) is 0 Å². The molecule has 2 rings (SSSR count). The highest BCUT2D eigenvalue weighted by Gasteiger charge is 2.08. The highest BCUT2D eigenvalue weighted by molar-refractivity contribution is 7.98. The fraction of sp³-hybridized carbons (Fsp3) is 0.154. The molecule has 0 aliphatic heterocycles. The Morgan fingerprint density at radius 2 is 2.11 bits per heavy atom. The van der Waals surface area contributed by atoms with Gasteiger partial charge in [0.25, 0.3) is 5.56 Å². The first kappa shape index (κ1) is 12.4. The van der Waals surface area contributed by atoms with Crippen molar-refractivity contribution >= 4 is 11.8 Å². The van der Waals surface area contributed by atoms with Crippen LogP contribution < -0.4 is 5.56 Å². The molecule has 18 heavy (non-hydrogen) atoms. The van der Waals surface area contributed by atoms with Gasteiger partial charge in [-0.3, -0.25) is 9.36 Å². The third-order valence-electron chi connectivity index (χ3n) is 2.45. The molecule has 0 spiro atoms. The van der Waals surface area contributed by atoms with E-state index in [-0.39, 0.29) is 12.1 Å². The fourth-order valence-corrected chi connectivity index (χ4v) is 2.18. The van der Waals surface area contributed by atoms with Gasteiger partial charge in [0.2, 0.25) is 0 Å². The third kappa shape index (κ3) is 2.44. The lowest BCUT2D eigenvalue weighted by molar-refractivity contribution is 0.666. The van der Waals surface area contributed by atoms with Gasteiger partial charge in [0.05, 0.1) is 11.8 Å². The molecule has 4 nitrogen and oxygen atoms in total. The van der Waals surface area contributed by atoms with Gasteiger partial charge in [0.1, 0.15) is 6.54 Å². The SMILES string of the molecule is CSc1nc(-c2ccccc2)cc(=O)n1CC#N. The monoisotopic (exact) mass is 257 g/mol. The van der Waals surface area contributed by atoms with E-state index in [9.17, 15) is 4.79 Å². The van der Waals surface area contributed by atoms with Gasteiger partial charge in [0.15, 0.2) is 5.16 Å². The minimum atomic E-state index is -0.199. The van der Waals surface area contributed by atoms with Crippen molar-refractivity contribution in [1.82, 2.24) is 9.55 Å². The van der Waals surface area contributed by atoms with Crippen molar-refractivity contribution in [2.24, 2.45) is 0 Å². The smallest absolute Gasteiger partial charge is 0.255 e. The fourth-order valence-electron chi connectivity index (χ4n) is 1.61. The van der Waals surface area contributed by atoms with E-state index in [4.69, 9.17) is 5.26 Å². The first-order valence-electron chi connectivity index (χ1n) is 5.34. The van der Waals surface area contributed by atoms with Crippen LogP contribution in [-0.4, -0.2) is 15.8 Å². The number of thioether (sulfide) groups is 1. The highest BCUT2D eigenvalue weighted by Crippen LogP contribution is 2.18. The van der Waals surface area contributed by atoms with Crippen molar-refractivity contribution in [2.45, 2.75) is 11.7 Å². The Balaban J connectivity index is 2.57. The molecule has 2 aromatic rings. The van der Waals surface area contributed by atoms with Crippen molar-refractivity contribution in [2.75, 3.05) is 6.26 Å². The van der Waals surface area contributed by atoms with Crippen molar-refractivity contribution in [1.29, 1.82) is 5.26 Å². The zero-order chi connectivity index (χ0) is 13.0. The number of nitriles is 1. The van der Waals surface area contributed by atoms with E-state index in [1.165, 1.54) is 22.4 Å². The molecule has 0 aliphatic rings. The predicted octanol–water partition coefficient (Wildman–Crippen LogP) is 2.16. The molecule has 0 unspecified atom stereocenters. The second-order valence-corrected chi connectivity index (χ2v) is 4.35. The minimum Gasteiger partial charge on any atom is -0.274 e. The van der Waals surface area contributed by atoms with Gasteiger partial charge in [-0.15, -0.1) is 0 Å². The molecular weight excluding hydrogens is 246 g/mol. The van der Waals surface area contributed by atoms with Crippen molar-refractivity contribution in [3.8, 4) is 17.3 Å². The second kappa shape index (κ2) is 5.52. The van der Waals surface area contributed by atoms with Crippen LogP contribution in [0.15, 0.2) is 46.3 Å². The lowest BCUT2D eigenvalue weighted by atomic mass is 10.1. The average molecular weight is 257 g/mol. The molecule has 90 valence electrons. The molecule has 0 bridgehead atoms. The lowest BCUT2D eigenvalue weighted by Crippen LogP contribution is -2.22. The van der Waals surface area contributed by atoms with Crippen molar-refractivity contribution in [3.63, 3.8) is 0 Å². The minimum absolute atomic E-state index is 0.0249. The summed E-state index contributed by atoms with van der Waals surface area (Å²) in [5.41, 5.74) is 1.34. The first-order valence-corrected chi connectivity index (χ1v) is 6.57. The van der Waals surface area contributed by atoms with Crippen molar-refractivity contribution in [3.05, 3.63) is 46.8 Å².